The van der Waals surface area contributed by atoms with Gasteiger partial charge in [0.2, 0.25) is 0 Å². The van der Waals surface area contributed by atoms with Crippen LogP contribution >= 0.6 is 0 Å². The molecule has 1 saturated heterocycles. The molecule has 4 rings (SSSR count). The Labute approximate surface area is 158 Å². The van der Waals surface area contributed by atoms with E-state index in [0.29, 0.717) is 23.8 Å². The van der Waals surface area contributed by atoms with Crippen molar-refractivity contribution in [1.29, 1.82) is 0 Å². The largest absolute Gasteiger partial charge is 0.344 e. The van der Waals surface area contributed by atoms with Crippen LogP contribution in [0.1, 0.15) is 24.2 Å². The minimum Gasteiger partial charge on any atom is -0.344 e. The highest BCUT2D eigenvalue weighted by molar-refractivity contribution is 6.02. The van der Waals surface area contributed by atoms with Crippen molar-refractivity contribution in [1.82, 2.24) is 14.9 Å². The number of aldehydes is 1. The molecular formula is C20H23N5O2. The van der Waals surface area contributed by atoms with Crippen LogP contribution in [0.2, 0.25) is 0 Å². The number of aromatic nitrogens is 2. The molecule has 1 unspecified atom stereocenters. The van der Waals surface area contributed by atoms with Gasteiger partial charge in [-0.3, -0.25) is 4.79 Å². The summed E-state index contributed by atoms with van der Waals surface area (Å²) < 4.78 is 0. The van der Waals surface area contributed by atoms with Gasteiger partial charge in [-0.05, 0) is 24.8 Å². The molecule has 1 fully saturated rings. The van der Waals surface area contributed by atoms with Gasteiger partial charge in [-0.2, -0.15) is 0 Å². The molecule has 140 valence electrons. The second-order valence-corrected chi connectivity index (χ2v) is 6.99. The molecule has 0 saturated carbocycles. The Morgan fingerprint density at radius 1 is 1.19 bits per heavy atom. The lowest BCUT2D eigenvalue weighted by Gasteiger charge is -2.28. The fourth-order valence-corrected chi connectivity index (χ4v) is 3.71. The predicted octanol–water partition coefficient (Wildman–Crippen LogP) is 2.26. The molecule has 0 spiro atoms. The van der Waals surface area contributed by atoms with Crippen molar-refractivity contribution in [2.75, 3.05) is 29.9 Å². The summed E-state index contributed by atoms with van der Waals surface area (Å²) in [6.07, 6.45) is 5.34. The number of likely N-dealkylation sites (N-methyl/N-ethyl adjacent to an activating group) is 1. The van der Waals surface area contributed by atoms with E-state index in [1.807, 2.05) is 18.2 Å². The van der Waals surface area contributed by atoms with Crippen LogP contribution < -0.4 is 9.80 Å². The summed E-state index contributed by atoms with van der Waals surface area (Å²) in [6.45, 7) is 1.46. The zero-order valence-electron chi connectivity index (χ0n) is 15.4. The number of likely N-dealkylation sites (tertiary alicyclic amines) is 1. The highest BCUT2D eigenvalue weighted by atomic mass is 16.2. The van der Waals surface area contributed by atoms with Crippen LogP contribution in [-0.4, -0.2) is 53.5 Å². The van der Waals surface area contributed by atoms with Crippen LogP contribution in [0.3, 0.4) is 0 Å². The van der Waals surface area contributed by atoms with E-state index in [4.69, 9.17) is 0 Å². The molecule has 2 amide bonds. The number of amides is 2. The highest BCUT2D eigenvalue weighted by Crippen LogP contribution is 2.37. The average Bonchev–Trinajstić information content (AvgIpc) is 3.33. The summed E-state index contributed by atoms with van der Waals surface area (Å²) >= 11 is 0. The van der Waals surface area contributed by atoms with Gasteiger partial charge in [0, 0.05) is 26.6 Å². The molecule has 0 N–H and O–H groups in total. The number of carbonyl (C=O) groups excluding carboxylic acids is 2. The quantitative estimate of drug-likeness (QED) is 0.778. The molecule has 3 heterocycles. The summed E-state index contributed by atoms with van der Waals surface area (Å²) in [4.78, 5) is 38.9. The second kappa shape index (κ2) is 7.34. The van der Waals surface area contributed by atoms with Gasteiger partial charge in [0.05, 0.1) is 6.20 Å². The van der Waals surface area contributed by atoms with Crippen LogP contribution in [0.4, 0.5) is 16.3 Å². The van der Waals surface area contributed by atoms with Crippen molar-refractivity contribution in [2.24, 2.45) is 0 Å². The van der Waals surface area contributed by atoms with Crippen molar-refractivity contribution in [3.8, 4) is 0 Å². The zero-order chi connectivity index (χ0) is 18.8. The van der Waals surface area contributed by atoms with Crippen LogP contribution in [0.25, 0.3) is 0 Å². The lowest BCUT2D eigenvalue weighted by molar-refractivity contribution is -0.108. The lowest BCUT2D eigenvalue weighted by atomic mass is 10.1. The van der Waals surface area contributed by atoms with E-state index >= 15 is 0 Å². The fraction of sp³-hybridized carbons (Fsp3) is 0.400. The van der Waals surface area contributed by atoms with Gasteiger partial charge in [0.25, 0.3) is 0 Å². The smallest absolute Gasteiger partial charge is 0.327 e. The first-order valence-electron chi connectivity index (χ1n) is 9.35. The number of rotatable bonds is 4. The van der Waals surface area contributed by atoms with Crippen molar-refractivity contribution >= 4 is 23.8 Å². The summed E-state index contributed by atoms with van der Waals surface area (Å²) in [5.74, 6) is 1.21. The minimum absolute atomic E-state index is 0.150. The van der Waals surface area contributed by atoms with E-state index in [1.165, 1.54) is 10.5 Å². The van der Waals surface area contributed by atoms with Crippen molar-refractivity contribution < 1.29 is 9.59 Å². The third-order valence-corrected chi connectivity index (χ3v) is 5.25. The second-order valence-electron chi connectivity index (χ2n) is 6.99. The molecule has 7 heteroatoms. The van der Waals surface area contributed by atoms with Crippen molar-refractivity contribution in [2.45, 2.75) is 31.8 Å². The fourth-order valence-electron chi connectivity index (χ4n) is 3.71. The Morgan fingerprint density at radius 2 is 1.93 bits per heavy atom. The van der Waals surface area contributed by atoms with Crippen LogP contribution in [0.15, 0.2) is 36.5 Å². The molecule has 27 heavy (non-hydrogen) atoms. The summed E-state index contributed by atoms with van der Waals surface area (Å²) in [5.41, 5.74) is 1.93. The van der Waals surface area contributed by atoms with E-state index in [0.717, 1.165) is 38.6 Å². The first-order valence-corrected chi connectivity index (χ1v) is 9.35. The van der Waals surface area contributed by atoms with Crippen LogP contribution in [0.5, 0.6) is 0 Å². The lowest BCUT2D eigenvalue weighted by Crippen LogP contribution is -2.51. The average molecular weight is 365 g/mol. The Hall–Kier alpha value is -2.96. The Balaban J connectivity index is 1.60. The van der Waals surface area contributed by atoms with Gasteiger partial charge in [-0.15, -0.1) is 0 Å². The van der Waals surface area contributed by atoms with Gasteiger partial charge in [0.1, 0.15) is 11.5 Å². The number of nitrogens with zero attached hydrogens (tertiary/aromatic N) is 5. The van der Waals surface area contributed by atoms with Crippen LogP contribution in [0, 0.1) is 0 Å². The van der Waals surface area contributed by atoms with Crippen LogP contribution in [-0.2, 0) is 17.6 Å². The topological polar surface area (TPSA) is 69.6 Å². The Morgan fingerprint density at radius 3 is 2.63 bits per heavy atom. The molecule has 0 bridgehead atoms. The maximum Gasteiger partial charge on any atom is 0.327 e. The summed E-state index contributed by atoms with van der Waals surface area (Å²) in [7, 11) is 1.79. The molecular weight excluding hydrogens is 342 g/mol. The van der Waals surface area contributed by atoms with E-state index in [-0.39, 0.29) is 6.03 Å². The van der Waals surface area contributed by atoms with Gasteiger partial charge in [-0.1, -0.05) is 30.3 Å². The van der Waals surface area contributed by atoms with E-state index < -0.39 is 6.17 Å². The van der Waals surface area contributed by atoms with Crippen molar-refractivity contribution in [3.05, 3.63) is 47.9 Å². The summed E-state index contributed by atoms with van der Waals surface area (Å²) in [6, 6.07) is 10.0. The standard InChI is InChI=1S/C20H23N5O2/c1-23-16-13-21-17(10-9-15-7-3-2-4-8-15)22-19(16)25(18(23)14-26)20(27)24-11-5-6-12-24/h2-4,7-8,13-14,18H,5-6,9-12H2,1H3. The normalized spacial score (nSPS) is 18.7. The molecule has 1 atom stereocenters. The molecule has 2 aliphatic rings. The molecule has 2 aromatic rings. The number of hydrogen-bond acceptors (Lipinski definition) is 5. The molecule has 0 aliphatic carbocycles. The third-order valence-electron chi connectivity index (χ3n) is 5.25. The number of aryl methyl sites for hydroxylation is 2. The molecule has 2 aliphatic heterocycles. The Bertz CT molecular complexity index is 836. The minimum atomic E-state index is -0.674. The van der Waals surface area contributed by atoms with E-state index in [1.54, 1.807) is 23.0 Å². The Kier molecular flexibility index (Phi) is 4.75. The maximum atomic E-state index is 13.0. The third kappa shape index (κ3) is 3.25. The number of benzene rings is 1. The number of urea groups is 1. The first-order chi connectivity index (χ1) is 13.2. The first kappa shape index (κ1) is 17.5. The van der Waals surface area contributed by atoms with Gasteiger partial charge in [0.15, 0.2) is 18.3 Å². The molecule has 7 nitrogen and oxygen atoms in total. The molecule has 1 aromatic heterocycles. The van der Waals surface area contributed by atoms with E-state index in [2.05, 4.69) is 22.1 Å². The van der Waals surface area contributed by atoms with Gasteiger partial charge >= 0.3 is 6.03 Å². The number of carbonyl (C=O) groups is 2. The monoisotopic (exact) mass is 365 g/mol. The SMILES string of the molecule is CN1c2cnc(CCc3ccccc3)nc2N(C(=O)N2CCCC2)C1C=O. The van der Waals surface area contributed by atoms with Crippen molar-refractivity contribution in [3.63, 3.8) is 0 Å². The summed E-state index contributed by atoms with van der Waals surface area (Å²) in [5, 5.41) is 0. The number of hydrogen-bond donors (Lipinski definition) is 0. The zero-order valence-corrected chi connectivity index (χ0v) is 15.4. The highest BCUT2D eigenvalue weighted by Gasteiger charge is 2.41. The van der Waals surface area contributed by atoms with E-state index in [9.17, 15) is 9.59 Å². The molecule has 1 aromatic carbocycles. The number of anilines is 2. The van der Waals surface area contributed by atoms with Gasteiger partial charge < -0.3 is 9.80 Å². The van der Waals surface area contributed by atoms with Gasteiger partial charge in [-0.25, -0.2) is 19.7 Å². The predicted molar refractivity (Wildman–Crippen MR) is 103 cm³/mol. The molecule has 0 radical (unpaired) electrons. The number of fused-ring (bicyclic) bond motifs is 1. The maximum absolute atomic E-state index is 13.0.